The van der Waals surface area contributed by atoms with E-state index in [1.54, 1.807) is 12.1 Å². The Kier molecular flexibility index (Phi) is 5.79. The minimum atomic E-state index is -0.600. The second-order valence-corrected chi connectivity index (χ2v) is 4.98. The van der Waals surface area contributed by atoms with E-state index in [2.05, 4.69) is 16.6 Å². The number of rotatable bonds is 5. The lowest BCUT2D eigenvalue weighted by molar-refractivity contribution is -0.123. The number of terminal acetylenes is 1. The van der Waals surface area contributed by atoms with Gasteiger partial charge in [0.25, 0.3) is 5.91 Å². The van der Waals surface area contributed by atoms with Crippen LogP contribution in [0, 0.1) is 25.2 Å². The average molecular weight is 272 g/mol. The molecule has 0 saturated heterocycles. The molecule has 0 aromatic heterocycles. The van der Waals surface area contributed by atoms with Crippen LogP contribution in [-0.4, -0.2) is 24.4 Å². The van der Waals surface area contributed by atoms with E-state index in [-0.39, 0.29) is 24.3 Å². The Morgan fingerprint density at radius 1 is 1.25 bits per heavy atom. The maximum Gasteiger partial charge on any atom is 0.251 e. The summed E-state index contributed by atoms with van der Waals surface area (Å²) in [5.41, 5.74) is 1.61. The second-order valence-electron chi connectivity index (χ2n) is 4.98. The van der Waals surface area contributed by atoms with Gasteiger partial charge in [-0.25, -0.2) is 0 Å². The molecule has 20 heavy (non-hydrogen) atoms. The summed E-state index contributed by atoms with van der Waals surface area (Å²) < 4.78 is 0. The molecule has 106 valence electrons. The molecule has 0 bridgehead atoms. The Hall–Kier alpha value is -2.28. The molecule has 0 spiro atoms. The highest BCUT2D eigenvalue weighted by molar-refractivity contribution is 5.97. The van der Waals surface area contributed by atoms with Gasteiger partial charge < -0.3 is 10.6 Å². The molecule has 0 heterocycles. The van der Waals surface area contributed by atoms with Crippen LogP contribution in [0.4, 0.5) is 0 Å². The highest BCUT2D eigenvalue weighted by atomic mass is 16.2. The number of hydrogen-bond acceptors (Lipinski definition) is 2. The summed E-state index contributed by atoms with van der Waals surface area (Å²) in [5, 5.41) is 5.33. The van der Waals surface area contributed by atoms with Crippen molar-refractivity contribution in [2.75, 3.05) is 6.54 Å². The quantitative estimate of drug-likeness (QED) is 0.798. The van der Waals surface area contributed by atoms with Gasteiger partial charge in [0.05, 0.1) is 6.54 Å². The summed E-state index contributed by atoms with van der Waals surface area (Å²) in [5.74, 6) is 1.78. The number of aryl methyl sites for hydroxylation is 1. The molecule has 0 saturated carbocycles. The zero-order chi connectivity index (χ0) is 15.1. The van der Waals surface area contributed by atoms with Gasteiger partial charge in [0.2, 0.25) is 5.91 Å². The predicted molar refractivity (Wildman–Crippen MR) is 79.1 cm³/mol. The lowest BCUT2D eigenvalue weighted by Gasteiger charge is -2.21. The molecule has 2 N–H and O–H groups in total. The van der Waals surface area contributed by atoms with Crippen molar-refractivity contribution in [1.82, 2.24) is 10.6 Å². The van der Waals surface area contributed by atoms with E-state index in [1.165, 1.54) is 0 Å². The summed E-state index contributed by atoms with van der Waals surface area (Å²) in [4.78, 5) is 24.1. The van der Waals surface area contributed by atoms with Gasteiger partial charge in [0.15, 0.2) is 0 Å². The normalized spacial score (nSPS) is 11.6. The lowest BCUT2D eigenvalue weighted by Crippen LogP contribution is -2.49. The van der Waals surface area contributed by atoms with Crippen LogP contribution in [0.15, 0.2) is 24.3 Å². The van der Waals surface area contributed by atoms with Crippen LogP contribution in [0.1, 0.15) is 29.8 Å². The van der Waals surface area contributed by atoms with Gasteiger partial charge >= 0.3 is 0 Å². The van der Waals surface area contributed by atoms with Gasteiger partial charge in [-0.05, 0) is 25.0 Å². The van der Waals surface area contributed by atoms with Gasteiger partial charge in [0.1, 0.15) is 6.04 Å². The van der Waals surface area contributed by atoms with E-state index in [0.717, 1.165) is 5.56 Å². The fourth-order valence-electron chi connectivity index (χ4n) is 1.71. The van der Waals surface area contributed by atoms with Crippen LogP contribution in [0.2, 0.25) is 0 Å². The molecule has 1 aromatic carbocycles. The molecule has 1 unspecified atom stereocenters. The van der Waals surface area contributed by atoms with Gasteiger partial charge in [-0.2, -0.15) is 0 Å². The Morgan fingerprint density at radius 3 is 2.35 bits per heavy atom. The molecule has 1 aromatic rings. The van der Waals surface area contributed by atoms with E-state index in [4.69, 9.17) is 6.42 Å². The third kappa shape index (κ3) is 4.43. The van der Waals surface area contributed by atoms with Crippen LogP contribution in [0.25, 0.3) is 0 Å². The molecular formula is C16H20N2O2. The molecule has 2 amide bonds. The fourth-order valence-corrected chi connectivity index (χ4v) is 1.71. The van der Waals surface area contributed by atoms with Crippen LogP contribution in [-0.2, 0) is 4.79 Å². The predicted octanol–water partition coefficient (Wildman–Crippen LogP) is 1.50. The number of hydrogen-bond donors (Lipinski definition) is 2. The molecule has 4 heteroatoms. The maximum absolute atomic E-state index is 12.1. The minimum Gasteiger partial charge on any atom is -0.343 e. The van der Waals surface area contributed by atoms with Crippen molar-refractivity contribution in [3.63, 3.8) is 0 Å². The molecule has 1 rings (SSSR count). The number of amides is 2. The van der Waals surface area contributed by atoms with Crippen molar-refractivity contribution < 1.29 is 9.59 Å². The average Bonchev–Trinajstić information content (AvgIpc) is 2.42. The van der Waals surface area contributed by atoms with Crippen LogP contribution >= 0.6 is 0 Å². The number of nitrogens with one attached hydrogen (secondary N) is 2. The Balaban J connectivity index is 2.75. The highest BCUT2D eigenvalue weighted by Gasteiger charge is 2.24. The van der Waals surface area contributed by atoms with Crippen molar-refractivity contribution in [2.45, 2.75) is 26.8 Å². The van der Waals surface area contributed by atoms with Gasteiger partial charge in [-0.15, -0.1) is 6.42 Å². The highest BCUT2D eigenvalue weighted by Crippen LogP contribution is 2.06. The minimum absolute atomic E-state index is 0.0258. The Labute approximate surface area is 120 Å². The van der Waals surface area contributed by atoms with E-state index in [0.29, 0.717) is 5.56 Å². The smallest absolute Gasteiger partial charge is 0.251 e. The second kappa shape index (κ2) is 7.34. The molecular weight excluding hydrogens is 252 g/mol. The summed E-state index contributed by atoms with van der Waals surface area (Å²) >= 11 is 0. The summed E-state index contributed by atoms with van der Waals surface area (Å²) in [6.45, 7) is 5.85. The van der Waals surface area contributed by atoms with Crippen molar-refractivity contribution in [1.29, 1.82) is 0 Å². The summed E-state index contributed by atoms with van der Waals surface area (Å²) in [6, 6.07) is 6.59. The molecule has 4 nitrogen and oxygen atoms in total. The number of benzene rings is 1. The molecule has 0 aliphatic rings. The molecule has 0 aliphatic heterocycles. The Morgan fingerprint density at radius 2 is 1.85 bits per heavy atom. The van der Waals surface area contributed by atoms with Crippen molar-refractivity contribution in [3.05, 3.63) is 35.4 Å². The first kappa shape index (κ1) is 15.8. The van der Waals surface area contributed by atoms with Crippen LogP contribution in [0.3, 0.4) is 0 Å². The Bertz CT molecular complexity index is 512. The number of carbonyl (C=O) groups excluding carboxylic acids is 2. The topological polar surface area (TPSA) is 58.2 Å². The monoisotopic (exact) mass is 272 g/mol. The SMILES string of the molecule is C#CCNC(=O)C(NC(=O)c1ccc(C)cc1)C(C)C. The first-order valence-electron chi connectivity index (χ1n) is 6.54. The molecule has 0 aliphatic carbocycles. The summed E-state index contributed by atoms with van der Waals surface area (Å²) in [7, 11) is 0. The van der Waals surface area contributed by atoms with Crippen LogP contribution in [0.5, 0.6) is 0 Å². The lowest BCUT2D eigenvalue weighted by atomic mass is 10.0. The first-order valence-corrected chi connectivity index (χ1v) is 6.54. The maximum atomic E-state index is 12.1. The van der Waals surface area contributed by atoms with Crippen molar-refractivity contribution in [3.8, 4) is 12.3 Å². The fraction of sp³-hybridized carbons (Fsp3) is 0.375. The van der Waals surface area contributed by atoms with Gasteiger partial charge in [-0.1, -0.05) is 37.5 Å². The van der Waals surface area contributed by atoms with Crippen LogP contribution < -0.4 is 10.6 Å². The number of carbonyl (C=O) groups is 2. The standard InChI is InChI=1S/C16H20N2O2/c1-5-10-17-16(20)14(11(2)3)18-15(19)13-8-6-12(4)7-9-13/h1,6-9,11,14H,10H2,2-4H3,(H,17,20)(H,18,19). The zero-order valence-corrected chi connectivity index (χ0v) is 12.1. The van der Waals surface area contributed by atoms with Crippen molar-refractivity contribution in [2.24, 2.45) is 5.92 Å². The van der Waals surface area contributed by atoms with E-state index in [9.17, 15) is 9.59 Å². The van der Waals surface area contributed by atoms with E-state index in [1.807, 2.05) is 32.9 Å². The molecule has 1 atom stereocenters. The summed E-state index contributed by atoms with van der Waals surface area (Å²) in [6.07, 6.45) is 5.11. The van der Waals surface area contributed by atoms with Crippen molar-refractivity contribution >= 4 is 11.8 Å². The third-order valence-corrected chi connectivity index (χ3v) is 2.91. The zero-order valence-electron chi connectivity index (χ0n) is 12.1. The molecule has 0 fully saturated rings. The van der Waals surface area contributed by atoms with E-state index < -0.39 is 6.04 Å². The third-order valence-electron chi connectivity index (χ3n) is 2.91. The largest absolute Gasteiger partial charge is 0.343 e. The molecule has 0 radical (unpaired) electrons. The van der Waals surface area contributed by atoms with Gasteiger partial charge in [-0.3, -0.25) is 9.59 Å². The first-order chi connectivity index (χ1) is 9.45. The van der Waals surface area contributed by atoms with E-state index >= 15 is 0 Å². The van der Waals surface area contributed by atoms with Gasteiger partial charge in [0, 0.05) is 5.56 Å².